The van der Waals surface area contributed by atoms with Gasteiger partial charge in [0.05, 0.1) is 19.8 Å². The molecule has 1 N–H and O–H groups in total. The van der Waals surface area contributed by atoms with Gasteiger partial charge in [0.2, 0.25) is 0 Å². The third-order valence-corrected chi connectivity index (χ3v) is 14.8. The van der Waals surface area contributed by atoms with Crippen molar-refractivity contribution >= 4 is 11.9 Å². The lowest BCUT2D eigenvalue weighted by molar-refractivity contribution is -0.150. The number of carbonyl (C=O) groups excluding carboxylic acids is 2. The molecule has 0 bridgehead atoms. The molecule has 2 fully saturated rings. The maximum atomic E-state index is 13.4. The largest absolute Gasteiger partial charge is 0.465 e. The average Bonchev–Trinajstić information content (AvgIpc) is 3.57. The van der Waals surface area contributed by atoms with Crippen LogP contribution in [-0.2, 0) is 19.1 Å². The quantitative estimate of drug-likeness (QED) is 0.0282. The third kappa shape index (κ3) is 32.3. The van der Waals surface area contributed by atoms with Crippen molar-refractivity contribution in [2.24, 2.45) is 11.8 Å². The fourth-order valence-corrected chi connectivity index (χ4v) is 10.2. The van der Waals surface area contributed by atoms with Gasteiger partial charge in [-0.25, -0.2) is 0 Å². The Morgan fingerprint density at radius 2 is 0.922 bits per heavy atom. The van der Waals surface area contributed by atoms with Crippen LogP contribution in [0.4, 0.5) is 0 Å². The minimum Gasteiger partial charge on any atom is -0.465 e. The number of aliphatic hydroxyl groups is 1. The zero-order chi connectivity index (χ0) is 46.0. The molecule has 0 spiro atoms. The maximum absolute atomic E-state index is 13.4. The number of hydrogen-bond acceptors (Lipinski definition) is 7. The maximum Gasteiger partial charge on any atom is 0.306 e. The van der Waals surface area contributed by atoms with Gasteiger partial charge in [-0.1, -0.05) is 187 Å². The summed E-state index contributed by atoms with van der Waals surface area (Å²) in [7, 11) is 0. The van der Waals surface area contributed by atoms with Crippen LogP contribution in [0.2, 0.25) is 0 Å². The van der Waals surface area contributed by atoms with Gasteiger partial charge < -0.3 is 14.6 Å². The molecule has 7 nitrogen and oxygen atoms in total. The molecule has 64 heavy (non-hydrogen) atoms. The minimum atomic E-state index is -0.0997. The molecule has 0 aromatic carbocycles. The Bertz CT molecular complexity index is 1070. The zero-order valence-corrected chi connectivity index (χ0v) is 43.0. The Balaban J connectivity index is 1.85. The average molecular weight is 901 g/mol. The molecule has 0 saturated heterocycles. The number of unbranched alkanes of at least 4 members (excludes halogenated alkanes) is 20. The molecule has 2 atom stereocenters. The highest BCUT2D eigenvalue weighted by Crippen LogP contribution is 2.27. The van der Waals surface area contributed by atoms with E-state index in [1.165, 1.54) is 193 Å². The Morgan fingerprint density at radius 1 is 0.484 bits per heavy atom. The van der Waals surface area contributed by atoms with Crippen molar-refractivity contribution in [2.75, 3.05) is 46.0 Å². The van der Waals surface area contributed by atoms with E-state index in [-0.39, 0.29) is 24.5 Å². The Labute approximate surface area is 397 Å². The highest BCUT2D eigenvalue weighted by Gasteiger charge is 2.27. The van der Waals surface area contributed by atoms with Crippen LogP contribution in [0.25, 0.3) is 0 Å². The van der Waals surface area contributed by atoms with Gasteiger partial charge in [-0.15, -0.1) is 0 Å². The highest BCUT2D eigenvalue weighted by molar-refractivity contribution is 5.70. The van der Waals surface area contributed by atoms with Gasteiger partial charge in [-0.3, -0.25) is 19.4 Å². The van der Waals surface area contributed by atoms with Gasteiger partial charge in [0.25, 0.3) is 0 Å². The summed E-state index contributed by atoms with van der Waals surface area (Å²) in [4.78, 5) is 31.7. The number of ether oxygens (including phenoxy) is 2. The molecule has 0 aromatic heterocycles. The lowest BCUT2D eigenvalue weighted by Crippen LogP contribution is -2.47. The number of allylic oxidation sites excluding steroid dienone is 2. The molecule has 2 rings (SSSR count). The summed E-state index contributed by atoms with van der Waals surface area (Å²) in [5.41, 5.74) is 0. The SMILES string of the molecule is CCCCCCCC/C=C\CCCCCCCC(=O)OCC(CCCCN(CCN(CCO)C1CCCCCC1)C1CCC1)COC(=O)CC(CCCCCC)CCCCCCCC. The molecule has 0 heterocycles. The smallest absolute Gasteiger partial charge is 0.306 e. The Morgan fingerprint density at radius 3 is 1.45 bits per heavy atom. The van der Waals surface area contributed by atoms with Crippen molar-refractivity contribution in [3.63, 3.8) is 0 Å². The minimum absolute atomic E-state index is 0.0380. The van der Waals surface area contributed by atoms with E-state index < -0.39 is 0 Å². The predicted octanol–water partition coefficient (Wildman–Crippen LogP) is 15.5. The number of hydrogen-bond donors (Lipinski definition) is 1. The predicted molar refractivity (Wildman–Crippen MR) is 273 cm³/mol. The summed E-state index contributed by atoms with van der Waals surface area (Å²) in [5.74, 6) is 0.285. The molecule has 7 heteroatoms. The van der Waals surface area contributed by atoms with Crippen molar-refractivity contribution in [3.8, 4) is 0 Å². The number of carbonyl (C=O) groups is 2. The number of esters is 2. The third-order valence-electron chi connectivity index (χ3n) is 14.8. The van der Waals surface area contributed by atoms with Crippen LogP contribution in [0.5, 0.6) is 0 Å². The van der Waals surface area contributed by atoms with E-state index in [0.717, 1.165) is 71.1 Å². The summed E-state index contributed by atoms with van der Waals surface area (Å²) in [6, 6.07) is 1.30. The van der Waals surface area contributed by atoms with Crippen molar-refractivity contribution in [1.82, 2.24) is 9.80 Å². The van der Waals surface area contributed by atoms with E-state index in [2.05, 4.69) is 42.7 Å². The summed E-state index contributed by atoms with van der Waals surface area (Å²) >= 11 is 0. The summed E-state index contributed by atoms with van der Waals surface area (Å²) in [6.07, 6.45) is 51.7. The first-order valence-corrected chi connectivity index (χ1v) is 28.6. The van der Waals surface area contributed by atoms with Crippen molar-refractivity contribution < 1.29 is 24.2 Å². The first-order chi connectivity index (χ1) is 31.5. The fourth-order valence-electron chi connectivity index (χ4n) is 10.2. The van der Waals surface area contributed by atoms with Gasteiger partial charge in [-0.2, -0.15) is 0 Å². The van der Waals surface area contributed by atoms with Crippen LogP contribution in [0.15, 0.2) is 12.2 Å². The Kier molecular flexibility index (Phi) is 39.3. The zero-order valence-electron chi connectivity index (χ0n) is 43.0. The first kappa shape index (κ1) is 58.7. The van der Waals surface area contributed by atoms with Gasteiger partial charge in [0.1, 0.15) is 0 Å². The van der Waals surface area contributed by atoms with Crippen molar-refractivity contribution in [3.05, 3.63) is 12.2 Å². The number of nitrogens with zero attached hydrogens (tertiary/aromatic N) is 2. The second-order valence-corrected chi connectivity index (χ2v) is 20.6. The van der Waals surface area contributed by atoms with Gasteiger partial charge >= 0.3 is 11.9 Å². The van der Waals surface area contributed by atoms with E-state index in [1.54, 1.807) is 0 Å². The molecular weight excluding hydrogens is 793 g/mol. The molecule has 0 radical (unpaired) electrons. The van der Waals surface area contributed by atoms with E-state index in [0.29, 0.717) is 44.1 Å². The standard InChI is InChI=1S/C57H108N2O5/c1-4-7-10-13-15-16-17-18-19-20-21-22-23-25-32-43-56(61)63-50-53(51-64-57(62)49-52(36-28-12-9-6-3)37-29-24-14-11-8-5-2)38-33-34-44-58(55-41-35-42-55)45-46-59(47-48-60)54-39-30-26-27-31-40-54/h18-19,52-55,60H,4-17,20-51H2,1-3H3/b19-18-. The summed E-state index contributed by atoms with van der Waals surface area (Å²) in [5, 5.41) is 9.93. The van der Waals surface area contributed by atoms with E-state index in [9.17, 15) is 14.7 Å². The van der Waals surface area contributed by atoms with E-state index in [4.69, 9.17) is 9.47 Å². The molecule has 0 aromatic rings. The summed E-state index contributed by atoms with van der Waals surface area (Å²) in [6.45, 7) is 11.7. The summed E-state index contributed by atoms with van der Waals surface area (Å²) < 4.78 is 12.0. The molecule has 2 aliphatic carbocycles. The fraction of sp³-hybridized carbons (Fsp3) is 0.930. The molecule has 2 unspecified atom stereocenters. The van der Waals surface area contributed by atoms with Gasteiger partial charge in [-0.05, 0) is 95.9 Å². The Hall–Kier alpha value is -1.44. The number of rotatable bonds is 45. The molecule has 0 aliphatic heterocycles. The molecule has 2 saturated carbocycles. The van der Waals surface area contributed by atoms with Crippen LogP contribution in [0.3, 0.4) is 0 Å². The molecule has 2 aliphatic rings. The molecular formula is C57H108N2O5. The molecule has 376 valence electrons. The lowest BCUT2D eigenvalue weighted by atomic mass is 9.91. The van der Waals surface area contributed by atoms with Crippen LogP contribution in [0, 0.1) is 11.8 Å². The van der Waals surface area contributed by atoms with E-state index in [1.807, 2.05) is 0 Å². The number of aliphatic hydroxyl groups excluding tert-OH is 1. The second-order valence-electron chi connectivity index (χ2n) is 20.6. The topological polar surface area (TPSA) is 79.3 Å². The molecule has 0 amide bonds. The lowest BCUT2D eigenvalue weighted by Gasteiger charge is -2.40. The van der Waals surface area contributed by atoms with Crippen molar-refractivity contribution in [2.45, 2.75) is 283 Å². The van der Waals surface area contributed by atoms with Gasteiger partial charge in [0.15, 0.2) is 0 Å². The van der Waals surface area contributed by atoms with Crippen molar-refractivity contribution in [1.29, 1.82) is 0 Å². The monoisotopic (exact) mass is 901 g/mol. The van der Waals surface area contributed by atoms with Crippen LogP contribution < -0.4 is 0 Å². The highest BCUT2D eigenvalue weighted by atomic mass is 16.5. The normalized spacial score (nSPS) is 16.1. The van der Waals surface area contributed by atoms with Crippen LogP contribution >= 0.6 is 0 Å². The second kappa shape index (κ2) is 42.9. The first-order valence-electron chi connectivity index (χ1n) is 28.6. The van der Waals surface area contributed by atoms with Crippen LogP contribution in [-0.4, -0.2) is 84.9 Å². The van der Waals surface area contributed by atoms with E-state index >= 15 is 0 Å². The van der Waals surface area contributed by atoms with Gasteiger partial charge in [0, 0.05) is 50.5 Å². The van der Waals surface area contributed by atoms with Crippen LogP contribution in [0.1, 0.15) is 271 Å².